The first kappa shape index (κ1) is 15.3. The average molecular weight is 288 g/mol. The molecule has 0 atom stereocenters. The first-order valence-electron chi connectivity index (χ1n) is 7.05. The van der Waals surface area contributed by atoms with Crippen molar-refractivity contribution < 1.29 is 9.13 Å². The van der Waals surface area contributed by atoms with Crippen LogP contribution < -0.4 is 15.0 Å². The van der Waals surface area contributed by atoms with Gasteiger partial charge in [-0.3, -0.25) is 0 Å². The molecule has 112 valence electrons. The largest absolute Gasteiger partial charge is 0.454 e. The van der Waals surface area contributed by atoms with Crippen molar-refractivity contribution >= 4 is 5.69 Å². The zero-order chi connectivity index (χ0) is 15.2. The predicted octanol–water partition coefficient (Wildman–Crippen LogP) is 3.79. The SMILES string of the molecule is CCNCc1cccc(F)c1Oc1cccc(N(C)C)c1. The second kappa shape index (κ2) is 7.09. The van der Waals surface area contributed by atoms with Gasteiger partial charge in [0, 0.05) is 38.0 Å². The number of rotatable bonds is 6. The first-order chi connectivity index (χ1) is 10.1. The third-order valence-electron chi connectivity index (χ3n) is 3.17. The van der Waals surface area contributed by atoms with E-state index < -0.39 is 0 Å². The summed E-state index contributed by atoms with van der Waals surface area (Å²) in [6.07, 6.45) is 0. The maximum absolute atomic E-state index is 14.1. The summed E-state index contributed by atoms with van der Waals surface area (Å²) >= 11 is 0. The minimum Gasteiger partial charge on any atom is -0.454 e. The van der Waals surface area contributed by atoms with Crippen LogP contribution in [0.2, 0.25) is 0 Å². The quantitative estimate of drug-likeness (QED) is 0.875. The van der Waals surface area contributed by atoms with Crippen LogP contribution in [0.4, 0.5) is 10.1 Å². The molecule has 0 heterocycles. The number of para-hydroxylation sites is 1. The Bertz CT molecular complexity index is 599. The molecular weight excluding hydrogens is 267 g/mol. The molecule has 0 fully saturated rings. The van der Waals surface area contributed by atoms with Crippen LogP contribution in [0.1, 0.15) is 12.5 Å². The third-order valence-corrected chi connectivity index (χ3v) is 3.17. The summed E-state index contributed by atoms with van der Waals surface area (Å²) in [4.78, 5) is 1.98. The molecular formula is C17H21FN2O. The summed E-state index contributed by atoms with van der Waals surface area (Å²) < 4.78 is 19.8. The van der Waals surface area contributed by atoms with Gasteiger partial charge in [0.05, 0.1) is 0 Å². The second-order valence-corrected chi connectivity index (χ2v) is 5.00. The normalized spacial score (nSPS) is 10.5. The highest BCUT2D eigenvalue weighted by molar-refractivity contribution is 5.51. The molecule has 0 aliphatic carbocycles. The van der Waals surface area contributed by atoms with Crippen molar-refractivity contribution in [3.63, 3.8) is 0 Å². The summed E-state index contributed by atoms with van der Waals surface area (Å²) in [6.45, 7) is 3.42. The molecule has 2 aromatic rings. The van der Waals surface area contributed by atoms with Crippen LogP contribution in [0.5, 0.6) is 11.5 Å². The minimum atomic E-state index is -0.347. The van der Waals surface area contributed by atoms with Crippen molar-refractivity contribution in [2.45, 2.75) is 13.5 Å². The van der Waals surface area contributed by atoms with Gasteiger partial charge in [0.1, 0.15) is 5.75 Å². The number of ether oxygens (including phenoxy) is 1. The molecule has 21 heavy (non-hydrogen) atoms. The molecule has 0 saturated heterocycles. The van der Waals surface area contributed by atoms with Crippen molar-refractivity contribution in [3.05, 3.63) is 53.8 Å². The fourth-order valence-corrected chi connectivity index (χ4v) is 2.01. The molecule has 0 unspecified atom stereocenters. The zero-order valence-electron chi connectivity index (χ0n) is 12.7. The van der Waals surface area contributed by atoms with Gasteiger partial charge in [0.25, 0.3) is 0 Å². The van der Waals surface area contributed by atoms with Gasteiger partial charge in [-0.25, -0.2) is 4.39 Å². The topological polar surface area (TPSA) is 24.5 Å². The number of nitrogens with zero attached hydrogens (tertiary/aromatic N) is 1. The fraction of sp³-hybridized carbons (Fsp3) is 0.294. The first-order valence-corrected chi connectivity index (χ1v) is 7.05. The second-order valence-electron chi connectivity index (χ2n) is 5.00. The smallest absolute Gasteiger partial charge is 0.167 e. The molecule has 0 aliphatic heterocycles. The Morgan fingerprint density at radius 3 is 2.62 bits per heavy atom. The van der Waals surface area contributed by atoms with E-state index in [1.54, 1.807) is 6.07 Å². The fourth-order valence-electron chi connectivity index (χ4n) is 2.01. The third kappa shape index (κ3) is 3.95. The van der Waals surface area contributed by atoms with Gasteiger partial charge in [-0.2, -0.15) is 0 Å². The van der Waals surface area contributed by atoms with Crippen LogP contribution in [-0.4, -0.2) is 20.6 Å². The Balaban J connectivity index is 2.28. The van der Waals surface area contributed by atoms with Gasteiger partial charge in [-0.15, -0.1) is 0 Å². The van der Waals surface area contributed by atoms with Crippen molar-refractivity contribution in [3.8, 4) is 11.5 Å². The molecule has 0 bridgehead atoms. The Morgan fingerprint density at radius 2 is 1.90 bits per heavy atom. The Labute approximate surface area is 125 Å². The lowest BCUT2D eigenvalue weighted by Gasteiger charge is -2.16. The highest BCUT2D eigenvalue weighted by Crippen LogP contribution is 2.30. The van der Waals surface area contributed by atoms with Gasteiger partial charge in [-0.05, 0) is 24.7 Å². The van der Waals surface area contributed by atoms with Crippen molar-refractivity contribution in [2.24, 2.45) is 0 Å². The van der Waals surface area contributed by atoms with E-state index in [4.69, 9.17) is 4.74 Å². The molecule has 0 amide bonds. The molecule has 1 N–H and O–H groups in total. The number of hydrogen-bond donors (Lipinski definition) is 1. The van der Waals surface area contributed by atoms with Crippen LogP contribution >= 0.6 is 0 Å². The number of anilines is 1. The summed E-state index contributed by atoms with van der Waals surface area (Å²) in [6, 6.07) is 12.6. The van der Waals surface area contributed by atoms with E-state index in [1.165, 1.54) is 6.07 Å². The van der Waals surface area contributed by atoms with Crippen LogP contribution in [-0.2, 0) is 6.54 Å². The molecule has 3 nitrogen and oxygen atoms in total. The highest BCUT2D eigenvalue weighted by atomic mass is 19.1. The molecule has 2 rings (SSSR count). The van der Waals surface area contributed by atoms with Crippen LogP contribution in [0.25, 0.3) is 0 Å². The van der Waals surface area contributed by atoms with E-state index in [1.807, 2.05) is 56.3 Å². The van der Waals surface area contributed by atoms with Crippen LogP contribution in [0.15, 0.2) is 42.5 Å². The predicted molar refractivity (Wildman–Crippen MR) is 84.6 cm³/mol. The Hall–Kier alpha value is -2.07. The Kier molecular flexibility index (Phi) is 5.17. The highest BCUT2D eigenvalue weighted by Gasteiger charge is 2.11. The molecule has 2 aromatic carbocycles. The number of hydrogen-bond acceptors (Lipinski definition) is 3. The van der Waals surface area contributed by atoms with Gasteiger partial charge >= 0.3 is 0 Å². The molecule has 4 heteroatoms. The van der Waals surface area contributed by atoms with Crippen LogP contribution in [0, 0.1) is 5.82 Å². The molecule has 0 spiro atoms. The lowest BCUT2D eigenvalue weighted by molar-refractivity contribution is 0.434. The van der Waals surface area contributed by atoms with Crippen molar-refractivity contribution in [1.82, 2.24) is 5.32 Å². The van der Waals surface area contributed by atoms with E-state index in [0.29, 0.717) is 12.3 Å². The van der Waals surface area contributed by atoms with E-state index in [0.717, 1.165) is 17.8 Å². The number of halogens is 1. The summed E-state index contributed by atoms with van der Waals surface area (Å²) in [7, 11) is 3.91. The Morgan fingerprint density at radius 1 is 1.14 bits per heavy atom. The van der Waals surface area contributed by atoms with E-state index >= 15 is 0 Å². The van der Waals surface area contributed by atoms with E-state index in [-0.39, 0.29) is 11.6 Å². The maximum Gasteiger partial charge on any atom is 0.167 e. The lowest BCUT2D eigenvalue weighted by atomic mass is 10.2. The van der Waals surface area contributed by atoms with Crippen molar-refractivity contribution in [1.29, 1.82) is 0 Å². The molecule has 0 aromatic heterocycles. The average Bonchev–Trinajstić information content (AvgIpc) is 2.48. The lowest BCUT2D eigenvalue weighted by Crippen LogP contribution is -2.13. The van der Waals surface area contributed by atoms with E-state index in [2.05, 4.69) is 5.32 Å². The van der Waals surface area contributed by atoms with Gasteiger partial charge in [-0.1, -0.05) is 25.1 Å². The standard InChI is InChI=1S/C17H21FN2O/c1-4-19-12-13-7-5-10-16(18)17(13)21-15-9-6-8-14(11-15)20(2)3/h5-11,19H,4,12H2,1-3H3. The zero-order valence-corrected chi connectivity index (χ0v) is 12.7. The molecule has 0 saturated carbocycles. The van der Waals surface area contributed by atoms with Gasteiger partial charge in [0.2, 0.25) is 0 Å². The number of nitrogens with one attached hydrogen (secondary N) is 1. The summed E-state index contributed by atoms with van der Waals surface area (Å²) in [5, 5.41) is 3.19. The monoisotopic (exact) mass is 288 g/mol. The summed E-state index contributed by atoms with van der Waals surface area (Å²) in [5.74, 6) is 0.569. The molecule has 0 aliphatic rings. The van der Waals surface area contributed by atoms with Gasteiger partial charge < -0.3 is 15.0 Å². The van der Waals surface area contributed by atoms with Crippen molar-refractivity contribution in [2.75, 3.05) is 25.5 Å². The minimum absolute atomic E-state index is 0.286. The van der Waals surface area contributed by atoms with E-state index in [9.17, 15) is 4.39 Å². The maximum atomic E-state index is 14.1. The van der Waals surface area contributed by atoms with Crippen LogP contribution in [0.3, 0.4) is 0 Å². The number of benzene rings is 2. The van der Waals surface area contributed by atoms with Gasteiger partial charge in [0.15, 0.2) is 11.6 Å². The summed E-state index contributed by atoms with van der Waals surface area (Å²) in [5.41, 5.74) is 1.82. The molecule has 0 radical (unpaired) electrons.